The van der Waals surface area contributed by atoms with Crippen molar-refractivity contribution >= 4 is 11.6 Å². The Kier molecular flexibility index (Phi) is 3.89. The molecular weight excluding hydrogens is 262 g/mol. The van der Waals surface area contributed by atoms with Crippen LogP contribution in [-0.2, 0) is 11.2 Å². The first-order chi connectivity index (χ1) is 10.1. The molecule has 0 radical (unpaired) electrons. The molecule has 21 heavy (non-hydrogen) atoms. The van der Waals surface area contributed by atoms with Crippen molar-refractivity contribution in [3.63, 3.8) is 0 Å². The Bertz CT molecular complexity index is 535. The third kappa shape index (κ3) is 2.91. The Morgan fingerprint density at radius 3 is 3.00 bits per heavy atom. The summed E-state index contributed by atoms with van der Waals surface area (Å²) in [6.07, 6.45) is 6.37. The summed E-state index contributed by atoms with van der Waals surface area (Å²) in [5.41, 5.74) is 8.79. The Morgan fingerprint density at radius 1 is 1.38 bits per heavy atom. The van der Waals surface area contributed by atoms with E-state index in [-0.39, 0.29) is 11.9 Å². The molecule has 4 nitrogen and oxygen atoms in total. The lowest BCUT2D eigenvalue weighted by atomic mass is 9.85. The van der Waals surface area contributed by atoms with E-state index < -0.39 is 5.54 Å². The van der Waals surface area contributed by atoms with Crippen molar-refractivity contribution in [2.75, 3.05) is 12.3 Å². The van der Waals surface area contributed by atoms with Gasteiger partial charge in [0.25, 0.3) is 0 Å². The Morgan fingerprint density at radius 2 is 2.24 bits per heavy atom. The maximum atomic E-state index is 12.7. The zero-order valence-electron chi connectivity index (χ0n) is 12.7. The quantitative estimate of drug-likeness (QED) is 0.731. The van der Waals surface area contributed by atoms with Crippen molar-refractivity contribution < 1.29 is 4.79 Å². The van der Waals surface area contributed by atoms with Crippen molar-refractivity contribution in [3.8, 4) is 0 Å². The molecule has 114 valence electrons. The average molecular weight is 287 g/mol. The minimum atomic E-state index is -0.413. The van der Waals surface area contributed by atoms with Crippen molar-refractivity contribution in [1.82, 2.24) is 10.6 Å². The van der Waals surface area contributed by atoms with E-state index in [1.807, 2.05) is 19.1 Å². The highest BCUT2D eigenvalue weighted by Gasteiger charge is 2.36. The molecule has 0 aromatic heterocycles. The van der Waals surface area contributed by atoms with Crippen molar-refractivity contribution in [2.24, 2.45) is 0 Å². The number of nitrogens with one attached hydrogen (secondary N) is 2. The molecule has 2 atom stereocenters. The molecule has 1 heterocycles. The molecule has 0 bridgehead atoms. The number of carbonyl (C=O) groups is 1. The molecule has 1 aliphatic carbocycles. The van der Waals surface area contributed by atoms with Crippen LogP contribution in [0.3, 0.4) is 0 Å². The molecule has 1 aromatic rings. The monoisotopic (exact) mass is 287 g/mol. The van der Waals surface area contributed by atoms with Crippen LogP contribution in [-0.4, -0.2) is 18.0 Å². The van der Waals surface area contributed by atoms with Gasteiger partial charge >= 0.3 is 0 Å². The molecule has 3 rings (SSSR count). The van der Waals surface area contributed by atoms with E-state index in [0.717, 1.165) is 50.8 Å². The number of nitrogen functional groups attached to an aromatic ring is 1. The summed E-state index contributed by atoms with van der Waals surface area (Å²) in [6, 6.07) is 6.19. The number of anilines is 1. The molecular formula is C17H25N3O. The van der Waals surface area contributed by atoms with Gasteiger partial charge in [-0.15, -0.1) is 0 Å². The third-order valence-corrected chi connectivity index (χ3v) is 4.91. The number of amides is 1. The third-order valence-electron chi connectivity index (χ3n) is 4.91. The van der Waals surface area contributed by atoms with Gasteiger partial charge in [0.15, 0.2) is 0 Å². The lowest BCUT2D eigenvalue weighted by molar-refractivity contribution is -0.128. The number of rotatable bonds is 2. The summed E-state index contributed by atoms with van der Waals surface area (Å²) in [7, 11) is 0. The van der Waals surface area contributed by atoms with Crippen LogP contribution in [0, 0.1) is 0 Å². The standard InChI is InChI=1S/C17H25N3O/c1-17(9-2-3-10-19-17)16(21)20-15-6-4-5-12-11-13(18)7-8-14(12)15/h7-8,11,15,19H,2-6,9-10,18H2,1H3,(H,20,21). The Labute approximate surface area is 126 Å². The number of aryl methyl sites for hydroxylation is 1. The van der Waals surface area contributed by atoms with Gasteiger partial charge in [0.2, 0.25) is 5.91 Å². The zero-order valence-corrected chi connectivity index (χ0v) is 12.7. The van der Waals surface area contributed by atoms with Gasteiger partial charge in [0, 0.05) is 5.69 Å². The summed E-state index contributed by atoms with van der Waals surface area (Å²) in [5.74, 6) is 0.136. The van der Waals surface area contributed by atoms with E-state index >= 15 is 0 Å². The minimum absolute atomic E-state index is 0.127. The zero-order chi connectivity index (χ0) is 14.9. The average Bonchev–Trinajstić information content (AvgIpc) is 2.48. The van der Waals surface area contributed by atoms with Gasteiger partial charge in [-0.05, 0) is 75.3 Å². The number of hydrogen-bond donors (Lipinski definition) is 3. The summed E-state index contributed by atoms with van der Waals surface area (Å²) in [6.45, 7) is 2.95. The smallest absolute Gasteiger partial charge is 0.240 e. The van der Waals surface area contributed by atoms with E-state index in [9.17, 15) is 4.79 Å². The Hall–Kier alpha value is -1.55. The predicted molar refractivity (Wildman–Crippen MR) is 84.9 cm³/mol. The lowest BCUT2D eigenvalue weighted by Crippen LogP contribution is -2.57. The van der Waals surface area contributed by atoms with Crippen LogP contribution in [0.25, 0.3) is 0 Å². The first-order valence-electron chi connectivity index (χ1n) is 8.03. The summed E-state index contributed by atoms with van der Waals surface area (Å²) >= 11 is 0. The van der Waals surface area contributed by atoms with E-state index in [1.165, 1.54) is 11.1 Å². The number of nitrogens with two attached hydrogens (primary N) is 1. The van der Waals surface area contributed by atoms with E-state index in [1.54, 1.807) is 0 Å². The summed E-state index contributed by atoms with van der Waals surface area (Å²) in [4.78, 5) is 12.7. The van der Waals surface area contributed by atoms with E-state index in [4.69, 9.17) is 5.73 Å². The van der Waals surface area contributed by atoms with Crippen LogP contribution in [0.2, 0.25) is 0 Å². The molecule has 0 spiro atoms. The number of benzene rings is 1. The highest BCUT2D eigenvalue weighted by molar-refractivity contribution is 5.86. The predicted octanol–water partition coefficient (Wildman–Crippen LogP) is 2.29. The first-order valence-corrected chi connectivity index (χ1v) is 8.03. The highest BCUT2D eigenvalue weighted by atomic mass is 16.2. The minimum Gasteiger partial charge on any atom is -0.399 e. The Balaban J connectivity index is 1.75. The van der Waals surface area contributed by atoms with Gasteiger partial charge < -0.3 is 16.4 Å². The molecule has 1 fully saturated rings. The fourth-order valence-corrected chi connectivity index (χ4v) is 3.55. The molecule has 0 saturated carbocycles. The molecule has 4 N–H and O–H groups in total. The second-order valence-electron chi connectivity index (χ2n) is 6.59. The topological polar surface area (TPSA) is 67.2 Å². The van der Waals surface area contributed by atoms with Crippen LogP contribution in [0.15, 0.2) is 18.2 Å². The fraction of sp³-hybridized carbons (Fsp3) is 0.588. The molecule has 1 aliphatic heterocycles. The van der Waals surface area contributed by atoms with Crippen LogP contribution in [0.5, 0.6) is 0 Å². The number of carbonyl (C=O) groups excluding carboxylic acids is 1. The first kappa shape index (κ1) is 14.4. The molecule has 2 aliphatic rings. The highest BCUT2D eigenvalue weighted by Crippen LogP contribution is 2.32. The van der Waals surface area contributed by atoms with Gasteiger partial charge in [0.1, 0.15) is 0 Å². The van der Waals surface area contributed by atoms with Gasteiger partial charge in [-0.2, -0.15) is 0 Å². The second kappa shape index (κ2) is 5.68. The van der Waals surface area contributed by atoms with Crippen LogP contribution >= 0.6 is 0 Å². The van der Waals surface area contributed by atoms with Gasteiger partial charge in [-0.3, -0.25) is 4.79 Å². The van der Waals surface area contributed by atoms with Crippen molar-refractivity contribution in [2.45, 2.75) is 57.0 Å². The van der Waals surface area contributed by atoms with Gasteiger partial charge in [-0.25, -0.2) is 0 Å². The number of fused-ring (bicyclic) bond motifs is 1. The number of hydrogen-bond acceptors (Lipinski definition) is 3. The maximum absolute atomic E-state index is 12.7. The fourth-order valence-electron chi connectivity index (χ4n) is 3.55. The van der Waals surface area contributed by atoms with Crippen LogP contribution < -0.4 is 16.4 Å². The van der Waals surface area contributed by atoms with Crippen LogP contribution in [0.1, 0.15) is 56.2 Å². The molecule has 4 heteroatoms. The lowest BCUT2D eigenvalue weighted by Gasteiger charge is -2.36. The van der Waals surface area contributed by atoms with Gasteiger partial charge in [0.05, 0.1) is 11.6 Å². The van der Waals surface area contributed by atoms with Crippen molar-refractivity contribution in [1.29, 1.82) is 0 Å². The maximum Gasteiger partial charge on any atom is 0.240 e. The molecule has 1 aromatic carbocycles. The largest absolute Gasteiger partial charge is 0.399 e. The summed E-state index contributed by atoms with van der Waals surface area (Å²) < 4.78 is 0. The molecule has 1 saturated heterocycles. The normalized spacial score (nSPS) is 28.7. The van der Waals surface area contributed by atoms with Crippen LogP contribution in [0.4, 0.5) is 5.69 Å². The molecule has 1 amide bonds. The van der Waals surface area contributed by atoms with Gasteiger partial charge in [-0.1, -0.05) is 6.07 Å². The SMILES string of the molecule is CC1(C(=O)NC2CCCc3cc(N)ccc32)CCCCN1. The number of piperidine rings is 1. The van der Waals surface area contributed by atoms with E-state index in [0.29, 0.717) is 0 Å². The van der Waals surface area contributed by atoms with E-state index in [2.05, 4.69) is 16.7 Å². The molecule has 2 unspecified atom stereocenters. The second-order valence-corrected chi connectivity index (χ2v) is 6.59. The van der Waals surface area contributed by atoms with Crippen molar-refractivity contribution in [3.05, 3.63) is 29.3 Å². The summed E-state index contributed by atoms with van der Waals surface area (Å²) in [5, 5.41) is 6.65.